The van der Waals surface area contributed by atoms with Gasteiger partial charge in [-0.2, -0.15) is 0 Å². The maximum Gasteiger partial charge on any atom is 0.274 e. The number of amides is 1. The number of nitrogens with one attached hydrogen (secondary N) is 2. The second kappa shape index (κ2) is 13.6. The van der Waals surface area contributed by atoms with Gasteiger partial charge in [0.1, 0.15) is 11.5 Å². The Morgan fingerprint density at radius 3 is 2.49 bits per heavy atom. The number of hydrogen-bond donors (Lipinski definition) is 3. The fourth-order valence-corrected chi connectivity index (χ4v) is 4.00. The highest BCUT2D eigenvalue weighted by Crippen LogP contribution is 2.22. The monoisotopic (exact) mass is 524 g/mol. The van der Waals surface area contributed by atoms with Crippen LogP contribution in [0.25, 0.3) is 0 Å². The van der Waals surface area contributed by atoms with Crippen molar-refractivity contribution in [2.75, 3.05) is 42.5 Å². The third kappa shape index (κ3) is 8.20. The minimum Gasteiger partial charge on any atom is -0.397 e. The first-order chi connectivity index (χ1) is 17.8. The van der Waals surface area contributed by atoms with Gasteiger partial charge in [0.25, 0.3) is 5.91 Å². The molecule has 7 nitrogen and oxygen atoms in total. The van der Waals surface area contributed by atoms with E-state index in [4.69, 9.17) is 17.3 Å². The van der Waals surface area contributed by atoms with Crippen molar-refractivity contribution < 1.29 is 9.18 Å². The number of nitrogen functional groups attached to an aromatic ring is 1. The maximum atomic E-state index is 13.6. The Kier molecular flexibility index (Phi) is 10.3. The maximum absolute atomic E-state index is 13.6. The first kappa shape index (κ1) is 28.0. The molecule has 37 heavy (non-hydrogen) atoms. The zero-order chi connectivity index (χ0) is 26.8. The number of hydrogen-bond acceptors (Lipinski definition) is 6. The molecule has 0 aliphatic rings. The lowest BCUT2D eigenvalue weighted by Crippen LogP contribution is -2.31. The number of pyridine rings is 1. The van der Waals surface area contributed by atoms with Gasteiger partial charge in [-0.05, 0) is 68.0 Å². The van der Waals surface area contributed by atoms with Crippen molar-refractivity contribution >= 4 is 34.6 Å². The second-order valence-electron chi connectivity index (χ2n) is 8.60. The highest BCUT2D eigenvalue weighted by molar-refractivity contribution is 6.31. The molecule has 0 unspecified atom stereocenters. The van der Waals surface area contributed by atoms with Crippen LogP contribution >= 0.6 is 11.6 Å². The molecule has 3 aromatic rings. The molecule has 0 spiro atoms. The number of carbonyl (C=O) groups is 1. The van der Waals surface area contributed by atoms with Crippen LogP contribution in [-0.4, -0.2) is 46.9 Å². The number of nitrogens with two attached hydrogens (primary N) is 1. The molecule has 9 heteroatoms. The second-order valence-corrected chi connectivity index (χ2v) is 9.00. The van der Waals surface area contributed by atoms with Crippen LogP contribution in [0.1, 0.15) is 36.3 Å². The lowest BCUT2D eigenvalue weighted by molar-refractivity contribution is 0.102. The fraction of sp³-hybridized carbons (Fsp3) is 0.286. The van der Waals surface area contributed by atoms with Gasteiger partial charge in [-0.15, -0.1) is 0 Å². The van der Waals surface area contributed by atoms with Crippen molar-refractivity contribution in [2.24, 2.45) is 0 Å². The zero-order valence-electron chi connectivity index (χ0n) is 21.3. The first-order valence-electron chi connectivity index (χ1n) is 12.3. The van der Waals surface area contributed by atoms with Gasteiger partial charge in [-0.25, -0.2) is 4.39 Å². The number of benzene rings is 2. The molecule has 0 aliphatic carbocycles. The minimum atomic E-state index is -0.473. The molecular formula is C28H34ClFN6O. The molecule has 1 amide bonds. The van der Waals surface area contributed by atoms with Crippen LogP contribution in [0, 0.1) is 5.82 Å². The summed E-state index contributed by atoms with van der Waals surface area (Å²) in [6.45, 7) is 12.7. The van der Waals surface area contributed by atoms with Crippen LogP contribution in [0.3, 0.4) is 0 Å². The van der Waals surface area contributed by atoms with Crippen molar-refractivity contribution in [3.05, 3.63) is 95.3 Å². The molecule has 1 heterocycles. The van der Waals surface area contributed by atoms with E-state index in [1.165, 1.54) is 12.1 Å². The predicted molar refractivity (Wildman–Crippen MR) is 150 cm³/mol. The molecule has 0 aliphatic heterocycles. The zero-order valence-corrected chi connectivity index (χ0v) is 22.1. The highest BCUT2D eigenvalue weighted by atomic mass is 35.5. The van der Waals surface area contributed by atoms with Crippen LogP contribution in [0.5, 0.6) is 0 Å². The molecular weight excluding hydrogens is 491 g/mol. The number of halogens is 2. The van der Waals surface area contributed by atoms with E-state index in [1.54, 1.807) is 42.6 Å². The van der Waals surface area contributed by atoms with Gasteiger partial charge in [0.2, 0.25) is 0 Å². The summed E-state index contributed by atoms with van der Waals surface area (Å²) in [5.74, 6) is -0.151. The summed E-state index contributed by atoms with van der Waals surface area (Å²) in [5, 5.41) is 6.06. The quantitative estimate of drug-likeness (QED) is 0.244. The summed E-state index contributed by atoms with van der Waals surface area (Å²) >= 11 is 5.95. The number of para-hydroxylation sites is 2. The third-order valence-electron chi connectivity index (χ3n) is 6.03. The Morgan fingerprint density at radius 1 is 1.08 bits per heavy atom. The molecule has 2 aromatic carbocycles. The number of aromatic nitrogens is 1. The SMILES string of the molecule is C=C(Nc1ccc(F)c(Cl)c1)N(CCCN(CC)CC)Cc1ccc(C(=O)Nc2ccccc2N)nc1. The van der Waals surface area contributed by atoms with Gasteiger partial charge < -0.3 is 26.2 Å². The van der Waals surface area contributed by atoms with Crippen molar-refractivity contribution in [2.45, 2.75) is 26.8 Å². The number of carbonyl (C=O) groups excluding carboxylic acids is 1. The predicted octanol–water partition coefficient (Wildman–Crippen LogP) is 5.83. The van der Waals surface area contributed by atoms with Gasteiger partial charge in [0.15, 0.2) is 0 Å². The van der Waals surface area contributed by atoms with Gasteiger partial charge in [0.05, 0.1) is 22.2 Å². The van der Waals surface area contributed by atoms with Crippen molar-refractivity contribution in [3.8, 4) is 0 Å². The van der Waals surface area contributed by atoms with E-state index in [-0.39, 0.29) is 16.6 Å². The molecule has 0 saturated heterocycles. The smallest absolute Gasteiger partial charge is 0.274 e. The van der Waals surface area contributed by atoms with Gasteiger partial charge in [0, 0.05) is 25.0 Å². The van der Waals surface area contributed by atoms with Crippen LogP contribution in [0.2, 0.25) is 5.02 Å². The number of nitrogens with zero attached hydrogens (tertiary/aromatic N) is 3. The molecule has 1 aromatic heterocycles. The van der Waals surface area contributed by atoms with Crippen LogP contribution in [0.15, 0.2) is 73.2 Å². The first-order valence-corrected chi connectivity index (χ1v) is 12.7. The number of rotatable bonds is 13. The molecule has 0 atom stereocenters. The fourth-order valence-electron chi connectivity index (χ4n) is 3.82. The van der Waals surface area contributed by atoms with Crippen LogP contribution < -0.4 is 16.4 Å². The van der Waals surface area contributed by atoms with Crippen LogP contribution in [-0.2, 0) is 6.54 Å². The normalized spacial score (nSPS) is 10.8. The molecule has 3 rings (SSSR count). The van der Waals surface area contributed by atoms with E-state index in [2.05, 4.69) is 45.8 Å². The lowest BCUT2D eigenvalue weighted by Gasteiger charge is -2.29. The van der Waals surface area contributed by atoms with E-state index >= 15 is 0 Å². The summed E-state index contributed by atoms with van der Waals surface area (Å²) in [7, 11) is 0. The lowest BCUT2D eigenvalue weighted by atomic mass is 10.2. The average molecular weight is 525 g/mol. The van der Waals surface area contributed by atoms with Gasteiger partial charge in [-0.3, -0.25) is 9.78 Å². The third-order valence-corrected chi connectivity index (χ3v) is 6.32. The van der Waals surface area contributed by atoms with E-state index < -0.39 is 5.82 Å². The molecule has 0 radical (unpaired) electrons. The molecule has 0 saturated carbocycles. The highest BCUT2D eigenvalue weighted by Gasteiger charge is 2.13. The Bertz CT molecular complexity index is 1200. The standard InChI is InChI=1S/C28H34ClFN6O/c1-4-35(5-2)15-8-16-36(20(3)33-22-12-13-24(30)23(29)17-22)19-21-11-14-27(32-18-21)28(37)34-26-10-7-6-9-25(26)31/h6-7,9-14,17-18,33H,3-5,8,15-16,19,31H2,1-2H3,(H,34,37). The minimum absolute atomic E-state index is 0.0428. The van der Waals surface area contributed by atoms with Crippen molar-refractivity contribution in [1.29, 1.82) is 0 Å². The Balaban J connectivity index is 1.69. The van der Waals surface area contributed by atoms with Gasteiger partial charge >= 0.3 is 0 Å². The molecule has 4 N–H and O–H groups in total. The van der Waals surface area contributed by atoms with Crippen molar-refractivity contribution in [3.63, 3.8) is 0 Å². The van der Waals surface area contributed by atoms with E-state index in [9.17, 15) is 9.18 Å². The van der Waals surface area contributed by atoms with Crippen LogP contribution in [0.4, 0.5) is 21.5 Å². The summed E-state index contributed by atoms with van der Waals surface area (Å²) in [5.41, 5.74) is 8.80. The molecule has 0 bridgehead atoms. The number of anilines is 3. The average Bonchev–Trinajstić information content (AvgIpc) is 2.89. The molecule has 0 fully saturated rings. The molecule has 196 valence electrons. The summed E-state index contributed by atoms with van der Waals surface area (Å²) < 4.78 is 13.6. The summed E-state index contributed by atoms with van der Waals surface area (Å²) in [6.07, 6.45) is 2.61. The largest absolute Gasteiger partial charge is 0.397 e. The van der Waals surface area contributed by atoms with E-state index in [0.717, 1.165) is 38.2 Å². The Labute approximate surface area is 223 Å². The summed E-state index contributed by atoms with van der Waals surface area (Å²) in [6, 6.07) is 15.1. The van der Waals surface area contributed by atoms with Gasteiger partial charge in [-0.1, -0.05) is 50.2 Å². The Hall–Kier alpha value is -3.62. The Morgan fingerprint density at radius 2 is 1.84 bits per heavy atom. The van der Waals surface area contributed by atoms with Crippen molar-refractivity contribution in [1.82, 2.24) is 14.8 Å². The topological polar surface area (TPSA) is 86.5 Å². The summed E-state index contributed by atoms with van der Waals surface area (Å²) in [4.78, 5) is 21.4. The van der Waals surface area contributed by atoms with E-state index in [0.29, 0.717) is 29.4 Å². The van der Waals surface area contributed by atoms with E-state index in [1.807, 2.05) is 6.07 Å².